The van der Waals surface area contributed by atoms with E-state index >= 15 is 0 Å². The number of ether oxygens (including phenoxy) is 2. The van der Waals surface area contributed by atoms with Gasteiger partial charge in [-0.25, -0.2) is 0 Å². The van der Waals surface area contributed by atoms with Crippen molar-refractivity contribution in [2.75, 3.05) is 7.11 Å². The second kappa shape index (κ2) is 8.20. The molecular weight excluding hydrogens is 370 g/mol. The van der Waals surface area contributed by atoms with E-state index in [1.807, 2.05) is 45.0 Å². The zero-order valence-corrected chi connectivity index (χ0v) is 15.9. The summed E-state index contributed by atoms with van der Waals surface area (Å²) in [5.41, 5.74) is 1.57. The highest BCUT2D eigenvalue weighted by Gasteiger charge is 2.14. The zero-order valence-electron chi connectivity index (χ0n) is 14.3. The Morgan fingerprint density at radius 2 is 1.88 bits per heavy atom. The molecule has 0 aromatic heterocycles. The Kier molecular flexibility index (Phi) is 6.26. The van der Waals surface area contributed by atoms with Gasteiger partial charge in [-0.2, -0.15) is 0 Å². The molecule has 2 aromatic carbocycles. The van der Waals surface area contributed by atoms with Crippen LogP contribution in [0.3, 0.4) is 0 Å². The van der Waals surface area contributed by atoms with Gasteiger partial charge in [-0.1, -0.05) is 12.1 Å². The molecule has 0 heterocycles. The minimum Gasteiger partial charge on any atom is -0.496 e. The molecule has 0 radical (unpaired) electrons. The maximum atomic E-state index is 12.4. The third-order valence-corrected chi connectivity index (χ3v) is 4.11. The molecule has 0 bridgehead atoms. The van der Waals surface area contributed by atoms with Gasteiger partial charge in [-0.15, -0.1) is 0 Å². The van der Waals surface area contributed by atoms with Crippen molar-refractivity contribution in [3.8, 4) is 11.5 Å². The van der Waals surface area contributed by atoms with Gasteiger partial charge in [0.15, 0.2) is 0 Å². The lowest BCUT2D eigenvalue weighted by Crippen LogP contribution is -2.26. The molecule has 0 saturated heterocycles. The summed E-state index contributed by atoms with van der Waals surface area (Å²) in [7, 11) is 1.59. The van der Waals surface area contributed by atoms with Gasteiger partial charge in [0.1, 0.15) is 11.5 Å². The quantitative estimate of drug-likeness (QED) is 0.773. The summed E-state index contributed by atoms with van der Waals surface area (Å²) in [6, 6.07) is 12.9. The van der Waals surface area contributed by atoms with Gasteiger partial charge in [-0.05, 0) is 72.6 Å². The van der Waals surface area contributed by atoms with E-state index < -0.39 is 0 Å². The minimum absolute atomic E-state index is 0.113. The number of nitrogens with one attached hydrogen (secondary N) is 1. The molecule has 0 spiro atoms. The lowest BCUT2D eigenvalue weighted by Gasteiger charge is -2.17. The van der Waals surface area contributed by atoms with Crippen molar-refractivity contribution in [3.63, 3.8) is 0 Å². The number of carbonyl (C=O) groups excluding carboxylic acids is 1. The van der Waals surface area contributed by atoms with Crippen LogP contribution in [0.1, 0.15) is 42.7 Å². The Balaban J connectivity index is 2.10. The third-order valence-electron chi connectivity index (χ3n) is 3.49. The van der Waals surface area contributed by atoms with Crippen molar-refractivity contribution in [2.24, 2.45) is 0 Å². The lowest BCUT2D eigenvalue weighted by molar-refractivity contribution is 0.0939. The average molecular weight is 392 g/mol. The number of methoxy groups -OCH3 is 1. The topological polar surface area (TPSA) is 47.6 Å². The van der Waals surface area contributed by atoms with Crippen LogP contribution in [0.5, 0.6) is 11.5 Å². The molecule has 0 aliphatic heterocycles. The maximum absolute atomic E-state index is 12.4. The predicted molar refractivity (Wildman–Crippen MR) is 98.8 cm³/mol. The highest BCUT2D eigenvalue weighted by molar-refractivity contribution is 9.10. The van der Waals surface area contributed by atoms with Crippen molar-refractivity contribution >= 4 is 21.8 Å². The molecule has 0 saturated carbocycles. The molecule has 24 heavy (non-hydrogen) atoms. The summed E-state index contributed by atoms with van der Waals surface area (Å²) in [5, 5.41) is 3.00. The number of rotatable bonds is 6. The molecule has 2 aromatic rings. The van der Waals surface area contributed by atoms with Gasteiger partial charge in [-0.3, -0.25) is 4.79 Å². The number of benzene rings is 2. The van der Waals surface area contributed by atoms with Crippen LogP contribution in [0.25, 0.3) is 0 Å². The van der Waals surface area contributed by atoms with Crippen LogP contribution in [0, 0.1) is 0 Å². The highest BCUT2D eigenvalue weighted by atomic mass is 79.9. The summed E-state index contributed by atoms with van der Waals surface area (Å²) < 4.78 is 11.6. The van der Waals surface area contributed by atoms with Crippen LogP contribution < -0.4 is 14.8 Å². The van der Waals surface area contributed by atoms with E-state index in [0.717, 1.165) is 15.8 Å². The highest BCUT2D eigenvalue weighted by Crippen LogP contribution is 2.26. The molecule has 1 amide bonds. The third kappa shape index (κ3) is 4.74. The summed E-state index contributed by atoms with van der Waals surface area (Å²) >= 11 is 3.40. The lowest BCUT2D eigenvalue weighted by atomic mass is 10.1. The second-order valence-electron chi connectivity index (χ2n) is 5.78. The molecule has 128 valence electrons. The predicted octanol–water partition coefficient (Wildman–Crippen LogP) is 4.74. The minimum atomic E-state index is -0.138. The maximum Gasteiger partial charge on any atom is 0.251 e. The largest absolute Gasteiger partial charge is 0.496 e. The van der Waals surface area contributed by atoms with Crippen molar-refractivity contribution in [2.45, 2.75) is 32.9 Å². The van der Waals surface area contributed by atoms with Gasteiger partial charge in [0, 0.05) is 5.56 Å². The number of halogens is 1. The molecule has 0 aliphatic carbocycles. The average Bonchev–Trinajstić information content (AvgIpc) is 2.54. The Morgan fingerprint density at radius 3 is 2.50 bits per heavy atom. The fraction of sp³-hybridized carbons (Fsp3) is 0.316. The normalized spacial score (nSPS) is 11.9. The van der Waals surface area contributed by atoms with E-state index in [1.165, 1.54) is 0 Å². The van der Waals surface area contributed by atoms with Crippen LogP contribution in [-0.2, 0) is 0 Å². The van der Waals surface area contributed by atoms with Crippen LogP contribution in [0.2, 0.25) is 0 Å². The van der Waals surface area contributed by atoms with E-state index in [4.69, 9.17) is 9.47 Å². The Labute approximate surface area is 151 Å². The van der Waals surface area contributed by atoms with Gasteiger partial charge < -0.3 is 14.8 Å². The summed E-state index contributed by atoms with van der Waals surface area (Å²) in [5.74, 6) is 1.36. The molecule has 0 aliphatic rings. The van der Waals surface area contributed by atoms with Crippen LogP contribution in [0.4, 0.5) is 0 Å². The van der Waals surface area contributed by atoms with Gasteiger partial charge in [0.25, 0.3) is 5.91 Å². The molecule has 1 unspecified atom stereocenters. The Morgan fingerprint density at radius 1 is 1.12 bits per heavy atom. The first-order valence-corrected chi connectivity index (χ1v) is 8.61. The number of carbonyl (C=O) groups is 1. The van der Waals surface area contributed by atoms with Crippen molar-refractivity contribution < 1.29 is 14.3 Å². The standard InChI is InChI=1S/C19H22BrNO3/c1-12(2)24-16-7-5-6-14(10-16)13(3)21-19(22)15-8-9-18(23-4)17(20)11-15/h5-13H,1-4H3,(H,21,22). The smallest absolute Gasteiger partial charge is 0.251 e. The molecule has 1 N–H and O–H groups in total. The Bertz CT molecular complexity index is 716. The molecule has 0 fully saturated rings. The fourth-order valence-electron chi connectivity index (χ4n) is 2.30. The first-order chi connectivity index (χ1) is 11.4. The molecular formula is C19H22BrNO3. The van der Waals surface area contributed by atoms with Crippen molar-refractivity contribution in [1.29, 1.82) is 0 Å². The van der Waals surface area contributed by atoms with Gasteiger partial charge in [0.05, 0.1) is 23.7 Å². The number of hydrogen-bond donors (Lipinski definition) is 1. The van der Waals surface area contributed by atoms with Crippen LogP contribution in [0.15, 0.2) is 46.9 Å². The van der Waals surface area contributed by atoms with Crippen molar-refractivity contribution in [1.82, 2.24) is 5.32 Å². The number of hydrogen-bond acceptors (Lipinski definition) is 3. The van der Waals surface area contributed by atoms with E-state index in [-0.39, 0.29) is 18.1 Å². The van der Waals surface area contributed by atoms with E-state index in [9.17, 15) is 4.79 Å². The molecule has 4 nitrogen and oxygen atoms in total. The second-order valence-corrected chi connectivity index (χ2v) is 6.64. The Hall–Kier alpha value is -2.01. The first kappa shape index (κ1) is 18.3. The van der Waals surface area contributed by atoms with Crippen LogP contribution in [-0.4, -0.2) is 19.1 Å². The zero-order chi connectivity index (χ0) is 17.7. The summed E-state index contributed by atoms with van der Waals surface area (Å²) in [6.07, 6.45) is 0.113. The van der Waals surface area contributed by atoms with Gasteiger partial charge >= 0.3 is 0 Å². The molecule has 2 rings (SSSR count). The van der Waals surface area contributed by atoms with Crippen molar-refractivity contribution in [3.05, 3.63) is 58.1 Å². The summed E-state index contributed by atoms with van der Waals surface area (Å²) in [4.78, 5) is 12.4. The molecule has 5 heteroatoms. The first-order valence-electron chi connectivity index (χ1n) is 7.81. The van der Waals surface area contributed by atoms with Crippen LogP contribution >= 0.6 is 15.9 Å². The van der Waals surface area contributed by atoms with Gasteiger partial charge in [0.2, 0.25) is 0 Å². The summed E-state index contributed by atoms with van der Waals surface area (Å²) in [6.45, 7) is 5.92. The van der Waals surface area contributed by atoms with E-state index in [0.29, 0.717) is 11.3 Å². The van der Waals surface area contributed by atoms with E-state index in [1.54, 1.807) is 25.3 Å². The monoisotopic (exact) mass is 391 g/mol. The van der Waals surface area contributed by atoms with E-state index in [2.05, 4.69) is 21.2 Å². The fourth-order valence-corrected chi connectivity index (χ4v) is 2.84. The molecule has 1 atom stereocenters. The SMILES string of the molecule is COc1ccc(C(=O)NC(C)c2cccc(OC(C)C)c2)cc1Br. The number of amides is 1.